The third kappa shape index (κ3) is 5.57. The third-order valence-corrected chi connectivity index (χ3v) is 5.83. The van der Waals surface area contributed by atoms with Crippen molar-refractivity contribution in [2.45, 2.75) is 71.2 Å². The van der Waals surface area contributed by atoms with E-state index in [1.54, 1.807) is 13.8 Å². The number of thiophene rings is 1. The van der Waals surface area contributed by atoms with Crippen LogP contribution in [0.3, 0.4) is 0 Å². The summed E-state index contributed by atoms with van der Waals surface area (Å²) in [5, 5.41) is 5.33. The van der Waals surface area contributed by atoms with Crippen LogP contribution in [0.1, 0.15) is 58.4 Å². The van der Waals surface area contributed by atoms with Crippen molar-refractivity contribution in [1.29, 1.82) is 0 Å². The smallest absolute Gasteiger partial charge is 0.346 e. The largest absolute Gasteiger partial charge is 0.466 e. The Balaban J connectivity index is 2.35. The highest BCUT2D eigenvalue weighted by molar-refractivity contribution is 7.10. The lowest BCUT2D eigenvalue weighted by Gasteiger charge is -2.30. The fraction of sp³-hybridized carbons (Fsp3) is 0.667. The minimum atomic E-state index is -1.01. The van der Waals surface area contributed by atoms with Crippen LogP contribution in [0.25, 0.3) is 0 Å². The summed E-state index contributed by atoms with van der Waals surface area (Å²) in [7, 11) is 1.24. The molecule has 0 aliphatic carbocycles. The van der Waals surface area contributed by atoms with E-state index in [0.29, 0.717) is 6.42 Å². The molecule has 0 amide bonds. The van der Waals surface area contributed by atoms with E-state index < -0.39 is 35.5 Å². The molecular weight excluding hydrogens is 394 g/mol. The second-order valence-electron chi connectivity index (χ2n) is 8.18. The van der Waals surface area contributed by atoms with Gasteiger partial charge in [-0.25, -0.2) is 4.79 Å². The highest BCUT2D eigenvalue weighted by atomic mass is 32.1. The second kappa shape index (κ2) is 9.71. The van der Waals surface area contributed by atoms with Gasteiger partial charge in [0.2, 0.25) is 0 Å². The molecule has 0 unspecified atom stereocenters. The molecule has 0 aromatic carbocycles. The first kappa shape index (κ1) is 23.3. The molecule has 1 aliphatic rings. The van der Waals surface area contributed by atoms with Crippen LogP contribution in [-0.4, -0.2) is 42.8 Å². The van der Waals surface area contributed by atoms with Gasteiger partial charge in [0, 0.05) is 4.88 Å². The zero-order valence-electron chi connectivity index (χ0n) is 17.9. The average molecular weight is 426 g/mol. The third-order valence-electron chi connectivity index (χ3n) is 4.87. The van der Waals surface area contributed by atoms with Crippen LogP contribution in [0, 0.1) is 11.8 Å². The number of hydrogen-bond donors (Lipinski definition) is 1. The van der Waals surface area contributed by atoms with E-state index in [1.807, 2.05) is 31.4 Å². The lowest BCUT2D eigenvalue weighted by atomic mass is 9.84. The molecule has 1 N–H and O–H groups in total. The van der Waals surface area contributed by atoms with Crippen molar-refractivity contribution in [3.05, 3.63) is 22.4 Å². The van der Waals surface area contributed by atoms with Gasteiger partial charge in [0.25, 0.3) is 0 Å². The maximum Gasteiger partial charge on any atom is 0.346 e. The standard InChI is InChI=1S/C21H31NO6S/c1-12(2)10-21(20(25)27-13(3)4)11-15(17(22-21)16-8-7-9-29-16)19(24)28-14(5)18(23)26-6/h7-9,12-15,17,22H,10-11H2,1-6H3/t14-,15+,17-,21+/m0/s1. The Morgan fingerprint density at radius 3 is 2.41 bits per heavy atom. The minimum absolute atomic E-state index is 0.204. The Hall–Kier alpha value is -1.93. The molecule has 0 saturated carbocycles. The van der Waals surface area contributed by atoms with E-state index in [-0.39, 0.29) is 24.4 Å². The predicted octanol–water partition coefficient (Wildman–Crippen LogP) is 3.24. The zero-order chi connectivity index (χ0) is 21.8. The van der Waals surface area contributed by atoms with Gasteiger partial charge in [-0.3, -0.25) is 14.9 Å². The van der Waals surface area contributed by atoms with Crippen LogP contribution < -0.4 is 5.32 Å². The zero-order valence-corrected chi connectivity index (χ0v) is 18.7. The van der Waals surface area contributed by atoms with E-state index in [2.05, 4.69) is 10.1 Å². The molecule has 4 atom stereocenters. The first-order chi connectivity index (χ1) is 13.6. The number of rotatable bonds is 8. The summed E-state index contributed by atoms with van der Waals surface area (Å²) < 4.78 is 15.6. The molecule has 1 aromatic heterocycles. The lowest BCUT2D eigenvalue weighted by molar-refractivity contribution is -0.168. The van der Waals surface area contributed by atoms with Gasteiger partial charge in [0.1, 0.15) is 5.54 Å². The maximum atomic E-state index is 13.1. The number of carbonyl (C=O) groups is 3. The average Bonchev–Trinajstić information content (AvgIpc) is 3.28. The molecule has 1 saturated heterocycles. The summed E-state index contributed by atoms with van der Waals surface area (Å²) in [6.07, 6.45) is -0.513. The van der Waals surface area contributed by atoms with E-state index in [1.165, 1.54) is 25.4 Å². The molecule has 1 aromatic rings. The Morgan fingerprint density at radius 1 is 1.21 bits per heavy atom. The molecule has 2 rings (SSSR count). The number of hydrogen-bond acceptors (Lipinski definition) is 8. The van der Waals surface area contributed by atoms with Crippen molar-refractivity contribution in [2.75, 3.05) is 7.11 Å². The van der Waals surface area contributed by atoms with Gasteiger partial charge in [0.05, 0.1) is 25.2 Å². The maximum absolute atomic E-state index is 13.1. The Labute approximate surface area is 176 Å². The highest BCUT2D eigenvalue weighted by Crippen LogP contribution is 2.44. The van der Waals surface area contributed by atoms with Crippen molar-refractivity contribution in [1.82, 2.24) is 5.32 Å². The second-order valence-corrected chi connectivity index (χ2v) is 9.16. The number of esters is 3. The van der Waals surface area contributed by atoms with E-state index in [0.717, 1.165) is 4.88 Å². The molecular formula is C21H31NO6S. The van der Waals surface area contributed by atoms with E-state index in [4.69, 9.17) is 9.47 Å². The molecule has 0 bridgehead atoms. The molecule has 0 spiro atoms. The van der Waals surface area contributed by atoms with Crippen LogP contribution in [0.5, 0.6) is 0 Å². The molecule has 1 fully saturated rings. The van der Waals surface area contributed by atoms with Gasteiger partial charge in [-0.15, -0.1) is 11.3 Å². The SMILES string of the molecule is COC(=O)[C@H](C)OC(=O)[C@@H]1C[C@](CC(C)C)(C(=O)OC(C)C)N[C@@H]1c1cccs1. The van der Waals surface area contributed by atoms with Crippen molar-refractivity contribution in [3.8, 4) is 0 Å². The molecule has 0 radical (unpaired) electrons. The molecule has 8 heteroatoms. The van der Waals surface area contributed by atoms with Crippen molar-refractivity contribution in [2.24, 2.45) is 11.8 Å². The van der Waals surface area contributed by atoms with Crippen molar-refractivity contribution in [3.63, 3.8) is 0 Å². The first-order valence-electron chi connectivity index (χ1n) is 9.90. The lowest BCUT2D eigenvalue weighted by Crippen LogP contribution is -2.50. The normalized spacial score (nSPS) is 25.1. The summed E-state index contributed by atoms with van der Waals surface area (Å²) in [6, 6.07) is 3.42. The summed E-state index contributed by atoms with van der Waals surface area (Å²) >= 11 is 1.50. The van der Waals surface area contributed by atoms with Gasteiger partial charge < -0.3 is 14.2 Å². The monoisotopic (exact) mass is 425 g/mol. The van der Waals surface area contributed by atoms with Gasteiger partial charge in [-0.2, -0.15) is 0 Å². The Bertz CT molecular complexity index is 717. The van der Waals surface area contributed by atoms with Gasteiger partial charge in [0.15, 0.2) is 6.10 Å². The summed E-state index contributed by atoms with van der Waals surface area (Å²) in [4.78, 5) is 38.7. The Morgan fingerprint density at radius 2 is 1.90 bits per heavy atom. The minimum Gasteiger partial charge on any atom is -0.466 e. The van der Waals surface area contributed by atoms with Crippen LogP contribution in [0.4, 0.5) is 0 Å². The number of ether oxygens (including phenoxy) is 3. The van der Waals surface area contributed by atoms with Crippen molar-refractivity contribution < 1.29 is 28.6 Å². The molecule has 7 nitrogen and oxygen atoms in total. The molecule has 1 aliphatic heterocycles. The van der Waals surface area contributed by atoms with Crippen molar-refractivity contribution >= 4 is 29.2 Å². The van der Waals surface area contributed by atoms with Crippen LogP contribution in [-0.2, 0) is 28.6 Å². The highest BCUT2D eigenvalue weighted by Gasteiger charge is 2.54. The topological polar surface area (TPSA) is 90.9 Å². The molecule has 162 valence electrons. The summed E-state index contributed by atoms with van der Waals surface area (Å²) in [5.41, 5.74) is -0.995. The van der Waals surface area contributed by atoms with Gasteiger partial charge in [-0.1, -0.05) is 19.9 Å². The van der Waals surface area contributed by atoms with E-state index in [9.17, 15) is 14.4 Å². The quantitative estimate of drug-likeness (QED) is 0.505. The van der Waals surface area contributed by atoms with Gasteiger partial charge >= 0.3 is 17.9 Å². The van der Waals surface area contributed by atoms with Crippen LogP contribution in [0.15, 0.2) is 17.5 Å². The van der Waals surface area contributed by atoms with Crippen LogP contribution in [0.2, 0.25) is 0 Å². The number of nitrogens with one attached hydrogen (secondary N) is 1. The van der Waals surface area contributed by atoms with E-state index >= 15 is 0 Å². The summed E-state index contributed by atoms with van der Waals surface area (Å²) in [5.74, 6) is -1.94. The first-order valence-corrected chi connectivity index (χ1v) is 10.8. The predicted molar refractivity (Wildman–Crippen MR) is 109 cm³/mol. The summed E-state index contributed by atoms with van der Waals surface area (Å²) in [6.45, 7) is 9.13. The van der Waals surface area contributed by atoms with Crippen LogP contribution >= 0.6 is 11.3 Å². The Kier molecular flexibility index (Phi) is 7.82. The fourth-order valence-corrected chi connectivity index (χ4v) is 4.62. The number of methoxy groups -OCH3 is 1. The van der Waals surface area contributed by atoms with Gasteiger partial charge in [-0.05, 0) is 51.0 Å². The number of carbonyl (C=O) groups excluding carboxylic acids is 3. The molecule has 2 heterocycles. The fourth-order valence-electron chi connectivity index (χ4n) is 3.77. The molecule has 29 heavy (non-hydrogen) atoms.